The number of benzene rings is 2. The molecule has 3 nitrogen and oxygen atoms in total. The fourth-order valence-electron chi connectivity index (χ4n) is 4.55. The molecular weight excluding hydrogens is 364 g/mol. The van der Waals surface area contributed by atoms with Gasteiger partial charge in [0.05, 0.1) is 5.92 Å². The number of piperidine rings is 1. The Morgan fingerprint density at radius 2 is 1.82 bits per heavy atom. The molecule has 2 heterocycles. The van der Waals surface area contributed by atoms with Gasteiger partial charge in [0.25, 0.3) is 0 Å². The van der Waals surface area contributed by atoms with Crippen LogP contribution in [0.1, 0.15) is 29.0 Å². The normalized spacial score (nSPS) is 23.5. The van der Waals surface area contributed by atoms with Gasteiger partial charge in [0, 0.05) is 44.2 Å². The maximum atomic E-state index is 13.3. The van der Waals surface area contributed by atoms with Crippen LogP contribution in [0, 0.1) is 12.8 Å². The number of amides is 1. The molecule has 0 saturated carbocycles. The third kappa shape index (κ3) is 4.79. The molecule has 2 atom stereocenters. The summed E-state index contributed by atoms with van der Waals surface area (Å²) >= 11 is 1.96. The van der Waals surface area contributed by atoms with Crippen molar-refractivity contribution in [2.45, 2.75) is 25.8 Å². The highest BCUT2D eigenvalue weighted by atomic mass is 32.2. The van der Waals surface area contributed by atoms with E-state index in [1.54, 1.807) is 0 Å². The van der Waals surface area contributed by atoms with E-state index >= 15 is 0 Å². The molecule has 0 bridgehead atoms. The van der Waals surface area contributed by atoms with Crippen molar-refractivity contribution in [2.75, 3.05) is 37.7 Å². The van der Waals surface area contributed by atoms with Gasteiger partial charge >= 0.3 is 0 Å². The summed E-state index contributed by atoms with van der Waals surface area (Å²) < 4.78 is 0. The molecular formula is C24H30N2OS. The van der Waals surface area contributed by atoms with E-state index in [0.29, 0.717) is 11.8 Å². The molecule has 2 fully saturated rings. The minimum absolute atomic E-state index is 0.103. The summed E-state index contributed by atoms with van der Waals surface area (Å²) in [6, 6.07) is 19.5. The van der Waals surface area contributed by atoms with Crippen LogP contribution in [0.5, 0.6) is 0 Å². The van der Waals surface area contributed by atoms with Gasteiger partial charge in [-0.2, -0.15) is 11.8 Å². The lowest BCUT2D eigenvalue weighted by Crippen LogP contribution is -2.48. The van der Waals surface area contributed by atoms with Gasteiger partial charge in [-0.3, -0.25) is 9.69 Å². The van der Waals surface area contributed by atoms with Crippen molar-refractivity contribution in [3.63, 3.8) is 0 Å². The average Bonchev–Trinajstić information content (AvgIpc) is 2.74. The van der Waals surface area contributed by atoms with Crippen molar-refractivity contribution in [1.29, 1.82) is 0 Å². The summed E-state index contributed by atoms with van der Waals surface area (Å²) in [6.45, 7) is 6.80. The number of nitrogens with zero attached hydrogens (tertiary/aromatic N) is 2. The minimum atomic E-state index is 0.103. The van der Waals surface area contributed by atoms with Gasteiger partial charge in [-0.05, 0) is 30.4 Å². The smallest absolute Gasteiger partial charge is 0.227 e. The Balaban J connectivity index is 1.54. The Labute approximate surface area is 173 Å². The number of hydrogen-bond acceptors (Lipinski definition) is 3. The van der Waals surface area contributed by atoms with E-state index in [1.807, 2.05) is 11.8 Å². The van der Waals surface area contributed by atoms with Gasteiger partial charge in [0.1, 0.15) is 0 Å². The van der Waals surface area contributed by atoms with Crippen LogP contribution < -0.4 is 0 Å². The summed E-state index contributed by atoms with van der Waals surface area (Å²) in [7, 11) is 0. The van der Waals surface area contributed by atoms with Crippen LogP contribution in [0.3, 0.4) is 0 Å². The summed E-state index contributed by atoms with van der Waals surface area (Å²) in [5.74, 6) is 3.05. The zero-order chi connectivity index (χ0) is 19.3. The van der Waals surface area contributed by atoms with Crippen LogP contribution >= 0.6 is 11.8 Å². The molecule has 0 N–H and O–H groups in total. The monoisotopic (exact) mass is 394 g/mol. The van der Waals surface area contributed by atoms with Crippen LogP contribution in [0.25, 0.3) is 0 Å². The Hall–Kier alpha value is -1.78. The van der Waals surface area contributed by atoms with Gasteiger partial charge in [-0.15, -0.1) is 0 Å². The first kappa shape index (κ1) is 19.5. The van der Waals surface area contributed by atoms with Gasteiger partial charge in [-0.25, -0.2) is 0 Å². The van der Waals surface area contributed by atoms with Crippen LogP contribution in [0.4, 0.5) is 0 Å². The molecule has 0 radical (unpaired) electrons. The average molecular weight is 395 g/mol. The van der Waals surface area contributed by atoms with Gasteiger partial charge < -0.3 is 4.90 Å². The first-order valence-corrected chi connectivity index (χ1v) is 11.5. The zero-order valence-corrected chi connectivity index (χ0v) is 17.5. The fraction of sp³-hybridized carbons (Fsp3) is 0.458. The second-order valence-electron chi connectivity index (χ2n) is 8.16. The quantitative estimate of drug-likeness (QED) is 0.777. The highest BCUT2D eigenvalue weighted by Crippen LogP contribution is 2.33. The molecule has 148 valence electrons. The molecule has 2 aliphatic heterocycles. The Bertz CT molecular complexity index is 788. The molecule has 28 heavy (non-hydrogen) atoms. The molecule has 2 aromatic rings. The molecule has 4 heteroatoms. The van der Waals surface area contributed by atoms with E-state index in [9.17, 15) is 4.79 Å². The predicted octanol–water partition coefficient (Wildman–Crippen LogP) is 4.18. The van der Waals surface area contributed by atoms with Crippen molar-refractivity contribution in [3.8, 4) is 0 Å². The second kappa shape index (κ2) is 9.15. The molecule has 2 saturated heterocycles. The van der Waals surface area contributed by atoms with Crippen LogP contribution in [0.2, 0.25) is 0 Å². The van der Waals surface area contributed by atoms with Crippen molar-refractivity contribution in [1.82, 2.24) is 9.80 Å². The summed E-state index contributed by atoms with van der Waals surface area (Å²) in [4.78, 5) is 17.9. The lowest BCUT2D eigenvalue weighted by Gasteiger charge is -2.40. The number of carbonyl (C=O) groups is 1. The van der Waals surface area contributed by atoms with Crippen LogP contribution in [-0.4, -0.2) is 53.4 Å². The maximum Gasteiger partial charge on any atom is 0.227 e. The maximum absolute atomic E-state index is 13.3. The predicted molar refractivity (Wildman–Crippen MR) is 118 cm³/mol. The summed E-state index contributed by atoms with van der Waals surface area (Å²) in [6.07, 6.45) is 0.969. The summed E-state index contributed by atoms with van der Waals surface area (Å²) in [5.41, 5.74) is 4.01. The highest BCUT2D eigenvalue weighted by molar-refractivity contribution is 7.99. The zero-order valence-electron chi connectivity index (χ0n) is 16.7. The summed E-state index contributed by atoms with van der Waals surface area (Å²) in [5, 5.41) is 0. The van der Waals surface area contributed by atoms with E-state index < -0.39 is 0 Å². The number of likely N-dealkylation sites (tertiary alicyclic amines) is 1. The highest BCUT2D eigenvalue weighted by Gasteiger charge is 2.35. The SMILES string of the molecule is Cc1cccc([C@H]2C[C@H](C(=O)N3CCSCC3)CN(Cc3ccccc3)C2)c1. The Morgan fingerprint density at radius 3 is 2.57 bits per heavy atom. The molecule has 0 aliphatic carbocycles. The van der Waals surface area contributed by atoms with E-state index in [2.05, 4.69) is 71.3 Å². The molecule has 0 spiro atoms. The van der Waals surface area contributed by atoms with Crippen LogP contribution in [0.15, 0.2) is 54.6 Å². The minimum Gasteiger partial charge on any atom is -0.341 e. The van der Waals surface area contributed by atoms with Crippen molar-refractivity contribution >= 4 is 17.7 Å². The number of aryl methyl sites for hydroxylation is 1. The van der Waals surface area contributed by atoms with Crippen LogP contribution in [-0.2, 0) is 11.3 Å². The second-order valence-corrected chi connectivity index (χ2v) is 9.39. The third-order valence-corrected chi connectivity index (χ3v) is 6.90. The van der Waals surface area contributed by atoms with E-state index in [4.69, 9.17) is 0 Å². The van der Waals surface area contributed by atoms with E-state index in [1.165, 1.54) is 16.7 Å². The molecule has 4 rings (SSSR count). The number of thioether (sulfide) groups is 1. The first-order chi connectivity index (χ1) is 13.7. The van der Waals surface area contributed by atoms with Gasteiger partial charge in [0.2, 0.25) is 5.91 Å². The number of hydrogen-bond donors (Lipinski definition) is 0. The lowest BCUT2D eigenvalue weighted by molar-refractivity contribution is -0.137. The van der Waals surface area contributed by atoms with Gasteiger partial charge in [0.15, 0.2) is 0 Å². The number of carbonyl (C=O) groups excluding carboxylic acids is 1. The Kier molecular flexibility index (Phi) is 6.38. The molecule has 0 aromatic heterocycles. The molecule has 1 amide bonds. The molecule has 2 aliphatic rings. The largest absolute Gasteiger partial charge is 0.341 e. The topological polar surface area (TPSA) is 23.6 Å². The number of rotatable bonds is 4. The lowest BCUT2D eigenvalue weighted by atomic mass is 9.83. The third-order valence-electron chi connectivity index (χ3n) is 5.96. The first-order valence-electron chi connectivity index (χ1n) is 10.4. The van der Waals surface area contributed by atoms with Gasteiger partial charge in [-0.1, -0.05) is 60.2 Å². The molecule has 0 unspecified atom stereocenters. The Morgan fingerprint density at radius 1 is 1.04 bits per heavy atom. The van der Waals surface area contributed by atoms with Crippen molar-refractivity contribution in [2.24, 2.45) is 5.92 Å². The van der Waals surface area contributed by atoms with E-state index in [0.717, 1.165) is 50.7 Å². The van der Waals surface area contributed by atoms with Crippen molar-refractivity contribution < 1.29 is 4.79 Å². The van der Waals surface area contributed by atoms with Crippen molar-refractivity contribution in [3.05, 3.63) is 71.3 Å². The standard InChI is InChI=1S/C24H30N2OS/c1-19-6-5-9-21(14-19)22-15-23(24(27)26-10-12-28-13-11-26)18-25(17-22)16-20-7-3-2-4-8-20/h2-9,14,22-23H,10-13,15-18H2,1H3/t22-,23-/m0/s1. The van der Waals surface area contributed by atoms with E-state index in [-0.39, 0.29) is 5.92 Å². The fourth-order valence-corrected chi connectivity index (χ4v) is 5.45. The molecule has 2 aromatic carbocycles.